The summed E-state index contributed by atoms with van der Waals surface area (Å²) in [7, 11) is 0. The molecule has 0 unspecified atom stereocenters. The Balaban J connectivity index is 1.67. The van der Waals surface area contributed by atoms with Gasteiger partial charge in [-0.25, -0.2) is 0 Å². The van der Waals surface area contributed by atoms with E-state index in [1.54, 1.807) is 42.5 Å². The Hall–Kier alpha value is -3.15. The van der Waals surface area contributed by atoms with Gasteiger partial charge < -0.3 is 9.84 Å². The van der Waals surface area contributed by atoms with E-state index in [2.05, 4.69) is 6.07 Å². The topological polar surface area (TPSA) is 90.6 Å². The summed E-state index contributed by atoms with van der Waals surface area (Å²) in [6.07, 6.45) is 1.66. The van der Waals surface area contributed by atoms with Crippen molar-refractivity contribution in [2.45, 2.75) is 6.61 Å². The van der Waals surface area contributed by atoms with Crippen LogP contribution in [-0.2, 0) is 16.2 Å². The van der Waals surface area contributed by atoms with Gasteiger partial charge >= 0.3 is 5.97 Å². The van der Waals surface area contributed by atoms with Crippen LogP contribution in [0.2, 0.25) is 0 Å². The van der Waals surface area contributed by atoms with E-state index in [9.17, 15) is 9.59 Å². The first-order valence-corrected chi connectivity index (χ1v) is 9.38. The molecule has 0 aromatic heterocycles. The molecule has 1 aliphatic heterocycles. The summed E-state index contributed by atoms with van der Waals surface area (Å²) in [5.74, 6) is -0.897. The summed E-state index contributed by atoms with van der Waals surface area (Å²) in [4.78, 5) is 24.6. The molecule has 3 rings (SSSR count). The van der Waals surface area contributed by atoms with Crippen molar-refractivity contribution in [3.63, 3.8) is 0 Å². The fourth-order valence-corrected chi connectivity index (χ4v) is 3.75. The number of aliphatic carboxylic acids is 1. The zero-order valence-electron chi connectivity index (χ0n) is 14.5. The third kappa shape index (κ3) is 4.57. The van der Waals surface area contributed by atoms with Crippen LogP contribution < -0.4 is 4.74 Å². The quantitative estimate of drug-likeness (QED) is 0.576. The van der Waals surface area contributed by atoms with Gasteiger partial charge in [0.1, 0.15) is 23.2 Å². The maximum atomic E-state index is 12.3. The molecule has 1 N–H and O–H groups in total. The second-order valence-electron chi connectivity index (χ2n) is 5.79. The molecule has 8 heteroatoms. The summed E-state index contributed by atoms with van der Waals surface area (Å²) in [6, 6.07) is 16.5. The van der Waals surface area contributed by atoms with Crippen LogP contribution in [0.3, 0.4) is 0 Å². The minimum Gasteiger partial charge on any atom is -0.489 e. The second kappa shape index (κ2) is 8.69. The lowest BCUT2D eigenvalue weighted by Gasteiger charge is -2.10. The van der Waals surface area contributed by atoms with Crippen LogP contribution in [0.15, 0.2) is 53.4 Å². The monoisotopic (exact) mass is 410 g/mol. The average Bonchev–Trinajstić information content (AvgIpc) is 2.94. The van der Waals surface area contributed by atoms with Gasteiger partial charge in [-0.3, -0.25) is 14.5 Å². The Kier molecular flexibility index (Phi) is 6.09. The number of nitriles is 1. The number of thioether (sulfide) groups is 1. The Labute approximate surface area is 171 Å². The zero-order chi connectivity index (χ0) is 20.1. The van der Waals surface area contributed by atoms with E-state index in [0.717, 1.165) is 27.8 Å². The van der Waals surface area contributed by atoms with Crippen LogP contribution in [0.25, 0.3) is 6.08 Å². The van der Waals surface area contributed by atoms with Gasteiger partial charge in [-0.05, 0) is 29.8 Å². The molecule has 6 nitrogen and oxygen atoms in total. The van der Waals surface area contributed by atoms with Crippen molar-refractivity contribution >= 4 is 46.3 Å². The van der Waals surface area contributed by atoms with Gasteiger partial charge in [0, 0.05) is 5.56 Å². The van der Waals surface area contributed by atoms with E-state index in [1.165, 1.54) is 0 Å². The number of carboxylic acids is 1. The molecule has 28 heavy (non-hydrogen) atoms. The van der Waals surface area contributed by atoms with Gasteiger partial charge in [0.05, 0.1) is 16.5 Å². The number of ether oxygens (including phenoxy) is 1. The molecule has 0 aliphatic carbocycles. The molecule has 2 aromatic carbocycles. The molecule has 2 aromatic rings. The Morgan fingerprint density at radius 3 is 2.64 bits per heavy atom. The lowest BCUT2D eigenvalue weighted by atomic mass is 10.1. The SMILES string of the molecule is N#Cc1ccccc1COc1ccc(C=C2SC(=S)N(CC(=O)O)C2=O)cc1. The molecule has 1 amide bonds. The molecule has 1 saturated heterocycles. The number of carbonyl (C=O) groups is 2. The molecule has 1 heterocycles. The predicted molar refractivity (Wildman–Crippen MR) is 109 cm³/mol. The highest BCUT2D eigenvalue weighted by Gasteiger charge is 2.33. The lowest BCUT2D eigenvalue weighted by molar-refractivity contribution is -0.140. The van der Waals surface area contributed by atoms with E-state index < -0.39 is 18.4 Å². The van der Waals surface area contributed by atoms with Crippen molar-refractivity contribution in [3.8, 4) is 11.8 Å². The maximum Gasteiger partial charge on any atom is 0.323 e. The smallest absolute Gasteiger partial charge is 0.323 e. The highest BCUT2D eigenvalue weighted by Crippen LogP contribution is 2.32. The molecular formula is C20H14N2O4S2. The summed E-state index contributed by atoms with van der Waals surface area (Å²) in [5.41, 5.74) is 2.14. The van der Waals surface area contributed by atoms with Crippen LogP contribution in [0.1, 0.15) is 16.7 Å². The first kappa shape index (κ1) is 19.6. The van der Waals surface area contributed by atoms with Gasteiger partial charge in [0.15, 0.2) is 0 Å². The average molecular weight is 410 g/mol. The fourth-order valence-electron chi connectivity index (χ4n) is 2.50. The number of carbonyl (C=O) groups excluding carboxylic acids is 1. The van der Waals surface area contributed by atoms with E-state index in [4.69, 9.17) is 27.3 Å². The Morgan fingerprint density at radius 2 is 1.96 bits per heavy atom. The Bertz CT molecular complexity index is 1010. The summed E-state index contributed by atoms with van der Waals surface area (Å²) < 4.78 is 5.95. The third-order valence-corrected chi connectivity index (χ3v) is 5.25. The first-order chi connectivity index (χ1) is 13.5. The molecule has 0 radical (unpaired) electrons. The maximum absolute atomic E-state index is 12.3. The largest absolute Gasteiger partial charge is 0.489 e. The first-order valence-electron chi connectivity index (χ1n) is 8.16. The lowest BCUT2D eigenvalue weighted by Crippen LogP contribution is -2.33. The molecule has 0 atom stereocenters. The zero-order valence-corrected chi connectivity index (χ0v) is 16.1. The van der Waals surface area contributed by atoms with Gasteiger partial charge in [-0.1, -0.05) is 54.3 Å². The van der Waals surface area contributed by atoms with E-state index in [-0.39, 0.29) is 10.9 Å². The van der Waals surface area contributed by atoms with E-state index >= 15 is 0 Å². The van der Waals surface area contributed by atoms with Crippen LogP contribution in [0, 0.1) is 11.3 Å². The summed E-state index contributed by atoms with van der Waals surface area (Å²) >= 11 is 6.15. The second-order valence-corrected chi connectivity index (χ2v) is 7.46. The molecule has 1 aliphatic rings. The van der Waals surface area contributed by atoms with Gasteiger partial charge in [-0.2, -0.15) is 5.26 Å². The van der Waals surface area contributed by atoms with E-state index in [0.29, 0.717) is 16.2 Å². The van der Waals surface area contributed by atoms with Gasteiger partial charge in [0.2, 0.25) is 0 Å². The highest BCUT2D eigenvalue weighted by molar-refractivity contribution is 8.26. The standard InChI is InChI=1S/C20H14N2O4S2/c21-10-14-3-1-2-4-15(14)12-26-16-7-5-13(6-8-16)9-17-19(25)22(11-18(23)24)20(27)28-17/h1-9H,11-12H2,(H,23,24). The number of nitrogens with zero attached hydrogens (tertiary/aromatic N) is 2. The Morgan fingerprint density at radius 1 is 1.25 bits per heavy atom. The van der Waals surface area contributed by atoms with Crippen molar-refractivity contribution in [2.75, 3.05) is 6.54 Å². The molecular weight excluding hydrogens is 396 g/mol. The van der Waals surface area contributed by atoms with Crippen LogP contribution in [0.5, 0.6) is 5.75 Å². The summed E-state index contributed by atoms with van der Waals surface area (Å²) in [6.45, 7) is -0.171. The predicted octanol–water partition coefficient (Wildman–Crippen LogP) is 3.42. The molecule has 140 valence electrons. The van der Waals surface area contributed by atoms with Crippen LogP contribution >= 0.6 is 24.0 Å². The minimum atomic E-state index is -1.11. The molecule has 0 bridgehead atoms. The number of hydrogen-bond acceptors (Lipinski definition) is 6. The number of carboxylic acid groups (broad SMARTS) is 1. The van der Waals surface area contributed by atoms with Crippen LogP contribution in [0.4, 0.5) is 0 Å². The number of thiocarbonyl (C=S) groups is 1. The highest BCUT2D eigenvalue weighted by atomic mass is 32.2. The minimum absolute atomic E-state index is 0.231. The van der Waals surface area contributed by atoms with Crippen LogP contribution in [-0.4, -0.2) is 32.7 Å². The number of benzene rings is 2. The van der Waals surface area contributed by atoms with Crippen molar-refractivity contribution in [1.29, 1.82) is 5.26 Å². The number of amides is 1. The third-order valence-electron chi connectivity index (χ3n) is 3.88. The van der Waals surface area contributed by atoms with Gasteiger partial charge in [-0.15, -0.1) is 0 Å². The van der Waals surface area contributed by atoms with Crippen molar-refractivity contribution in [2.24, 2.45) is 0 Å². The van der Waals surface area contributed by atoms with Crippen molar-refractivity contribution in [1.82, 2.24) is 4.90 Å². The van der Waals surface area contributed by atoms with Crippen molar-refractivity contribution < 1.29 is 19.4 Å². The molecule has 1 fully saturated rings. The summed E-state index contributed by atoms with van der Waals surface area (Å²) in [5, 5.41) is 18.0. The van der Waals surface area contributed by atoms with Gasteiger partial charge in [0.25, 0.3) is 5.91 Å². The van der Waals surface area contributed by atoms with Crippen molar-refractivity contribution in [3.05, 3.63) is 70.1 Å². The number of rotatable bonds is 6. The normalized spacial score (nSPS) is 15.0. The number of hydrogen-bond donors (Lipinski definition) is 1. The van der Waals surface area contributed by atoms with E-state index in [1.807, 2.05) is 12.1 Å². The molecule has 0 saturated carbocycles. The fraction of sp³-hybridized carbons (Fsp3) is 0.100. The molecule has 0 spiro atoms.